The van der Waals surface area contributed by atoms with Gasteiger partial charge in [0.05, 0.1) is 12.8 Å². The Morgan fingerprint density at radius 3 is 2.80 bits per heavy atom. The first-order chi connectivity index (χ1) is 7.19. The number of rotatable bonds is 5. The van der Waals surface area contributed by atoms with Crippen LogP contribution in [0.15, 0.2) is 18.3 Å². The molecule has 15 heavy (non-hydrogen) atoms. The molecule has 3 nitrogen and oxygen atoms in total. The molecule has 0 spiro atoms. The average Bonchev–Trinajstić information content (AvgIpc) is 2.28. The molecule has 2 atom stereocenters. The summed E-state index contributed by atoms with van der Waals surface area (Å²) in [5.41, 5.74) is 0.966. The quantitative estimate of drug-likeness (QED) is 0.807. The van der Waals surface area contributed by atoms with Crippen LogP contribution in [-0.2, 0) is 0 Å². The second-order valence-corrected chi connectivity index (χ2v) is 3.88. The molecule has 0 radical (unpaired) electrons. The highest BCUT2D eigenvalue weighted by molar-refractivity contribution is 5.52. The lowest BCUT2D eigenvalue weighted by Gasteiger charge is -2.21. The van der Waals surface area contributed by atoms with Gasteiger partial charge in [-0.05, 0) is 25.0 Å². The van der Waals surface area contributed by atoms with Gasteiger partial charge in [0, 0.05) is 12.2 Å². The maximum absolute atomic E-state index is 5.19. The van der Waals surface area contributed by atoms with Gasteiger partial charge in [-0.1, -0.05) is 20.3 Å². The van der Waals surface area contributed by atoms with Gasteiger partial charge in [-0.2, -0.15) is 0 Å². The third kappa shape index (κ3) is 3.11. The van der Waals surface area contributed by atoms with Crippen LogP contribution in [0.5, 0.6) is 5.88 Å². The Morgan fingerprint density at radius 2 is 2.20 bits per heavy atom. The number of aromatic nitrogens is 1. The van der Waals surface area contributed by atoms with Crippen LogP contribution in [-0.4, -0.2) is 18.1 Å². The van der Waals surface area contributed by atoms with E-state index in [1.165, 1.54) is 0 Å². The normalized spacial score (nSPS) is 14.4. The SMILES string of the molecule is CC[C@H](C)[C@H](C)Nc1cccnc1OC. The van der Waals surface area contributed by atoms with Crippen molar-refractivity contribution in [3.63, 3.8) is 0 Å². The van der Waals surface area contributed by atoms with Crippen molar-refractivity contribution in [2.24, 2.45) is 5.92 Å². The van der Waals surface area contributed by atoms with Gasteiger partial charge in [0.2, 0.25) is 5.88 Å². The van der Waals surface area contributed by atoms with E-state index < -0.39 is 0 Å². The summed E-state index contributed by atoms with van der Waals surface area (Å²) in [6.45, 7) is 6.62. The van der Waals surface area contributed by atoms with Gasteiger partial charge >= 0.3 is 0 Å². The van der Waals surface area contributed by atoms with Gasteiger partial charge in [0.15, 0.2) is 0 Å². The summed E-state index contributed by atoms with van der Waals surface area (Å²) < 4.78 is 5.19. The highest BCUT2D eigenvalue weighted by Crippen LogP contribution is 2.22. The summed E-state index contributed by atoms with van der Waals surface area (Å²) in [7, 11) is 1.64. The fourth-order valence-electron chi connectivity index (χ4n) is 1.40. The second kappa shape index (κ2) is 5.59. The summed E-state index contributed by atoms with van der Waals surface area (Å²) in [5.74, 6) is 1.29. The number of methoxy groups -OCH3 is 1. The molecule has 1 aromatic rings. The minimum Gasteiger partial charge on any atom is -0.480 e. The van der Waals surface area contributed by atoms with E-state index >= 15 is 0 Å². The highest BCUT2D eigenvalue weighted by Gasteiger charge is 2.12. The molecule has 1 N–H and O–H groups in total. The van der Waals surface area contributed by atoms with E-state index in [2.05, 4.69) is 31.1 Å². The molecule has 0 saturated heterocycles. The van der Waals surface area contributed by atoms with Crippen molar-refractivity contribution < 1.29 is 4.74 Å². The molecule has 0 unspecified atom stereocenters. The first-order valence-electron chi connectivity index (χ1n) is 5.44. The fourth-order valence-corrected chi connectivity index (χ4v) is 1.40. The van der Waals surface area contributed by atoms with Gasteiger partial charge < -0.3 is 10.1 Å². The molecule has 0 aliphatic heterocycles. The summed E-state index contributed by atoms with van der Waals surface area (Å²) >= 11 is 0. The first kappa shape index (κ1) is 11.8. The third-order valence-electron chi connectivity index (χ3n) is 2.85. The molecule has 1 rings (SSSR count). The van der Waals surface area contributed by atoms with Crippen LogP contribution in [0.25, 0.3) is 0 Å². The first-order valence-corrected chi connectivity index (χ1v) is 5.44. The number of nitrogens with one attached hydrogen (secondary N) is 1. The lowest BCUT2D eigenvalue weighted by atomic mass is 10.0. The van der Waals surface area contributed by atoms with Gasteiger partial charge in [-0.3, -0.25) is 0 Å². The van der Waals surface area contributed by atoms with Crippen LogP contribution in [0.1, 0.15) is 27.2 Å². The van der Waals surface area contributed by atoms with Gasteiger partial charge in [-0.15, -0.1) is 0 Å². The fraction of sp³-hybridized carbons (Fsp3) is 0.583. The minimum atomic E-state index is 0.424. The molecule has 1 heterocycles. The van der Waals surface area contributed by atoms with Crippen molar-refractivity contribution in [1.29, 1.82) is 0 Å². The molecule has 0 fully saturated rings. The maximum Gasteiger partial charge on any atom is 0.237 e. The highest BCUT2D eigenvalue weighted by atomic mass is 16.5. The van der Waals surface area contributed by atoms with E-state index in [1.807, 2.05) is 12.1 Å². The molecule has 0 amide bonds. The molecule has 84 valence electrons. The average molecular weight is 208 g/mol. The van der Waals surface area contributed by atoms with E-state index in [0.29, 0.717) is 17.8 Å². The van der Waals surface area contributed by atoms with Crippen molar-refractivity contribution in [2.45, 2.75) is 33.2 Å². The molecule has 0 aromatic carbocycles. The molecular weight excluding hydrogens is 188 g/mol. The smallest absolute Gasteiger partial charge is 0.237 e. The Labute approximate surface area is 91.9 Å². The van der Waals surface area contributed by atoms with Crippen molar-refractivity contribution in [1.82, 2.24) is 4.98 Å². The number of pyridine rings is 1. The standard InChI is InChI=1S/C12H20N2O/c1-5-9(2)10(3)14-11-7-6-8-13-12(11)15-4/h6-10,14H,5H2,1-4H3/t9-,10-/m0/s1. The van der Waals surface area contributed by atoms with E-state index in [-0.39, 0.29) is 0 Å². The summed E-state index contributed by atoms with van der Waals surface area (Å²) in [5, 5.41) is 3.42. The Morgan fingerprint density at radius 1 is 1.47 bits per heavy atom. The lowest BCUT2D eigenvalue weighted by Crippen LogP contribution is -2.23. The molecule has 0 aliphatic carbocycles. The molecule has 0 saturated carbocycles. The third-order valence-corrected chi connectivity index (χ3v) is 2.85. The zero-order valence-electron chi connectivity index (χ0n) is 9.95. The van der Waals surface area contributed by atoms with E-state index in [0.717, 1.165) is 12.1 Å². The van der Waals surface area contributed by atoms with E-state index in [4.69, 9.17) is 4.74 Å². The van der Waals surface area contributed by atoms with E-state index in [1.54, 1.807) is 13.3 Å². The Balaban J connectivity index is 2.71. The van der Waals surface area contributed by atoms with Gasteiger partial charge in [0.25, 0.3) is 0 Å². The van der Waals surface area contributed by atoms with Crippen molar-refractivity contribution in [3.05, 3.63) is 18.3 Å². The van der Waals surface area contributed by atoms with Crippen LogP contribution < -0.4 is 10.1 Å². The Hall–Kier alpha value is -1.25. The monoisotopic (exact) mass is 208 g/mol. The van der Waals surface area contributed by atoms with Crippen molar-refractivity contribution in [2.75, 3.05) is 12.4 Å². The molecule has 0 bridgehead atoms. The molecular formula is C12H20N2O. The topological polar surface area (TPSA) is 34.2 Å². The van der Waals surface area contributed by atoms with Crippen LogP contribution in [0.4, 0.5) is 5.69 Å². The zero-order valence-corrected chi connectivity index (χ0v) is 9.95. The summed E-state index contributed by atoms with van der Waals surface area (Å²) in [6, 6.07) is 4.33. The van der Waals surface area contributed by atoms with Gasteiger partial charge in [-0.25, -0.2) is 4.98 Å². The summed E-state index contributed by atoms with van der Waals surface area (Å²) in [6.07, 6.45) is 2.90. The predicted molar refractivity (Wildman–Crippen MR) is 63.3 cm³/mol. The lowest BCUT2D eigenvalue weighted by molar-refractivity contribution is 0.398. The van der Waals surface area contributed by atoms with Crippen LogP contribution >= 0.6 is 0 Å². The van der Waals surface area contributed by atoms with Crippen LogP contribution in [0.3, 0.4) is 0 Å². The number of ether oxygens (including phenoxy) is 1. The second-order valence-electron chi connectivity index (χ2n) is 3.88. The predicted octanol–water partition coefficient (Wildman–Crippen LogP) is 2.94. The van der Waals surface area contributed by atoms with Crippen LogP contribution in [0.2, 0.25) is 0 Å². The Kier molecular flexibility index (Phi) is 4.40. The summed E-state index contributed by atoms with van der Waals surface area (Å²) in [4.78, 5) is 4.15. The maximum atomic E-state index is 5.19. The Bertz CT molecular complexity index is 301. The largest absolute Gasteiger partial charge is 0.480 e. The zero-order chi connectivity index (χ0) is 11.3. The molecule has 3 heteroatoms. The number of anilines is 1. The minimum absolute atomic E-state index is 0.424. The molecule has 0 aliphatic rings. The van der Waals surface area contributed by atoms with Gasteiger partial charge in [0.1, 0.15) is 0 Å². The number of hydrogen-bond acceptors (Lipinski definition) is 3. The molecule has 1 aromatic heterocycles. The van der Waals surface area contributed by atoms with Crippen molar-refractivity contribution in [3.8, 4) is 5.88 Å². The number of hydrogen-bond donors (Lipinski definition) is 1. The van der Waals surface area contributed by atoms with Crippen molar-refractivity contribution >= 4 is 5.69 Å². The van der Waals surface area contributed by atoms with Crippen LogP contribution in [0, 0.1) is 5.92 Å². The van der Waals surface area contributed by atoms with E-state index in [9.17, 15) is 0 Å². The number of nitrogens with zero attached hydrogens (tertiary/aromatic N) is 1.